The molecule has 3 heterocycles. The topological polar surface area (TPSA) is 52.7 Å². The largest absolute Gasteiger partial charge is 0.388 e. The Morgan fingerprint density at radius 2 is 1.82 bits per heavy atom. The van der Waals surface area contributed by atoms with Gasteiger partial charge in [0.05, 0.1) is 0 Å². The molecule has 4 rings (SSSR count). The van der Waals surface area contributed by atoms with Crippen LogP contribution in [0.4, 0.5) is 5.69 Å². The monoisotopic (exact) mass is 520 g/mol. The van der Waals surface area contributed by atoms with Gasteiger partial charge in [-0.2, -0.15) is 0 Å². The van der Waals surface area contributed by atoms with Gasteiger partial charge in [-0.25, -0.2) is 0 Å². The molecular weight excluding hydrogens is 484 g/mol. The Morgan fingerprint density at radius 1 is 1.03 bits per heavy atom. The predicted molar refractivity (Wildman–Crippen MR) is 167 cm³/mol. The standard InChI is InChI=1S/C33H36N4S/c1-8-10-27(33-14-13-32(38-33)21(3)4)29-17-31(37-23(29)6)22(5)28-16-25(11-12-30(28)34-7)26-15-24(18-35-9-2)19-36-20-26/h8,10-17,19-20,34-35,37H,1,3,5,9,18H2,2,4,6-7H3/b27-10+. The van der Waals surface area contributed by atoms with Crippen LogP contribution in [-0.2, 0) is 6.54 Å². The zero-order valence-electron chi connectivity index (χ0n) is 22.7. The summed E-state index contributed by atoms with van der Waals surface area (Å²) in [6.07, 6.45) is 7.75. The Labute approximate surface area is 230 Å². The molecule has 3 aromatic heterocycles. The molecule has 5 heteroatoms. The van der Waals surface area contributed by atoms with Crippen molar-refractivity contribution in [2.45, 2.75) is 27.3 Å². The molecule has 0 spiro atoms. The Balaban J connectivity index is 1.72. The van der Waals surface area contributed by atoms with E-state index in [-0.39, 0.29) is 0 Å². The van der Waals surface area contributed by atoms with Gasteiger partial charge in [0, 0.05) is 80.7 Å². The van der Waals surface area contributed by atoms with Crippen molar-refractivity contribution in [1.29, 1.82) is 0 Å². The highest BCUT2D eigenvalue weighted by molar-refractivity contribution is 7.14. The van der Waals surface area contributed by atoms with Gasteiger partial charge in [0.2, 0.25) is 0 Å². The van der Waals surface area contributed by atoms with Crippen molar-refractivity contribution in [3.05, 3.63) is 125 Å². The van der Waals surface area contributed by atoms with Crippen LogP contribution in [0.3, 0.4) is 0 Å². The fourth-order valence-electron chi connectivity index (χ4n) is 4.48. The molecule has 0 aliphatic rings. The van der Waals surface area contributed by atoms with Crippen molar-refractivity contribution >= 4 is 33.7 Å². The molecule has 3 N–H and O–H groups in total. The molecule has 4 nitrogen and oxygen atoms in total. The van der Waals surface area contributed by atoms with E-state index >= 15 is 0 Å². The molecule has 0 radical (unpaired) electrons. The van der Waals surface area contributed by atoms with E-state index in [0.717, 1.165) is 74.7 Å². The lowest BCUT2D eigenvalue weighted by molar-refractivity contribution is 0.724. The van der Waals surface area contributed by atoms with Crippen LogP contribution in [-0.4, -0.2) is 23.6 Å². The second kappa shape index (κ2) is 12.1. The van der Waals surface area contributed by atoms with Crippen molar-refractivity contribution in [2.24, 2.45) is 0 Å². The summed E-state index contributed by atoms with van der Waals surface area (Å²) in [5, 5.41) is 6.71. The van der Waals surface area contributed by atoms with Crippen LogP contribution in [0.5, 0.6) is 0 Å². The molecule has 0 saturated heterocycles. The van der Waals surface area contributed by atoms with E-state index in [1.165, 1.54) is 9.75 Å². The van der Waals surface area contributed by atoms with Crippen LogP contribution in [0.15, 0.2) is 86.7 Å². The number of nitrogens with one attached hydrogen (secondary N) is 3. The van der Waals surface area contributed by atoms with Crippen LogP contribution in [0, 0.1) is 6.92 Å². The van der Waals surface area contributed by atoms with Crippen LogP contribution >= 0.6 is 11.3 Å². The molecule has 0 aliphatic heterocycles. The molecular formula is C33H36N4S. The molecule has 0 unspecified atom stereocenters. The maximum atomic E-state index is 4.51. The highest BCUT2D eigenvalue weighted by atomic mass is 32.1. The highest BCUT2D eigenvalue weighted by Crippen LogP contribution is 2.37. The summed E-state index contributed by atoms with van der Waals surface area (Å²) in [7, 11) is 1.94. The van der Waals surface area contributed by atoms with Crippen molar-refractivity contribution < 1.29 is 0 Å². The van der Waals surface area contributed by atoms with Gasteiger partial charge in [-0.3, -0.25) is 4.98 Å². The first-order valence-electron chi connectivity index (χ1n) is 12.8. The summed E-state index contributed by atoms with van der Waals surface area (Å²) >= 11 is 1.75. The summed E-state index contributed by atoms with van der Waals surface area (Å²) < 4.78 is 0. The molecule has 4 aromatic rings. The second-order valence-corrected chi connectivity index (χ2v) is 10.4. The summed E-state index contributed by atoms with van der Waals surface area (Å²) in [5.74, 6) is 0. The van der Waals surface area contributed by atoms with Crippen LogP contribution in [0.25, 0.3) is 27.8 Å². The first kappa shape index (κ1) is 27.1. The first-order chi connectivity index (χ1) is 18.4. The number of aryl methyl sites for hydroxylation is 1. The third-order valence-corrected chi connectivity index (χ3v) is 7.81. The van der Waals surface area contributed by atoms with Gasteiger partial charge in [0.25, 0.3) is 0 Å². The van der Waals surface area contributed by atoms with E-state index in [1.54, 1.807) is 11.3 Å². The molecule has 0 saturated carbocycles. The quantitative estimate of drug-likeness (QED) is 0.174. The van der Waals surface area contributed by atoms with Gasteiger partial charge >= 0.3 is 0 Å². The van der Waals surface area contributed by atoms with E-state index in [2.05, 4.69) is 103 Å². The lowest BCUT2D eigenvalue weighted by Gasteiger charge is -2.14. The SMILES string of the molecule is C=C/C=C(/c1ccc(C(=C)C)s1)c1cc(C(=C)c2cc(-c3cncc(CNCC)c3)ccc2NC)[nH]c1C. The van der Waals surface area contributed by atoms with Gasteiger partial charge in [-0.05, 0) is 73.5 Å². The molecule has 0 amide bonds. The lowest BCUT2D eigenvalue weighted by atomic mass is 9.96. The molecule has 194 valence electrons. The van der Waals surface area contributed by atoms with Crippen molar-refractivity contribution in [1.82, 2.24) is 15.3 Å². The predicted octanol–water partition coefficient (Wildman–Crippen LogP) is 8.31. The van der Waals surface area contributed by atoms with Crippen molar-refractivity contribution in [3.8, 4) is 11.1 Å². The first-order valence-corrected chi connectivity index (χ1v) is 13.6. The fourth-order valence-corrected chi connectivity index (χ4v) is 5.45. The van der Waals surface area contributed by atoms with Crippen LogP contribution in [0.2, 0.25) is 0 Å². The minimum absolute atomic E-state index is 0.800. The number of aromatic nitrogens is 2. The maximum Gasteiger partial charge on any atom is 0.0463 e. The summed E-state index contributed by atoms with van der Waals surface area (Å²) in [4.78, 5) is 10.4. The Kier molecular flexibility index (Phi) is 8.62. The number of nitrogens with zero attached hydrogens (tertiary/aromatic N) is 1. The van der Waals surface area contributed by atoms with E-state index in [9.17, 15) is 0 Å². The average Bonchev–Trinajstić information content (AvgIpc) is 3.57. The van der Waals surface area contributed by atoms with Crippen molar-refractivity contribution in [3.63, 3.8) is 0 Å². The molecule has 0 aliphatic carbocycles. The van der Waals surface area contributed by atoms with Gasteiger partial charge in [-0.1, -0.05) is 44.9 Å². The Bertz CT molecular complexity index is 1520. The molecule has 0 atom stereocenters. The Morgan fingerprint density at radius 3 is 2.50 bits per heavy atom. The highest BCUT2D eigenvalue weighted by Gasteiger charge is 2.17. The van der Waals surface area contributed by atoms with Gasteiger partial charge in [-0.15, -0.1) is 11.3 Å². The number of pyridine rings is 1. The summed E-state index contributed by atoms with van der Waals surface area (Å²) in [6, 6.07) is 15.1. The third kappa shape index (κ3) is 5.80. The number of H-pyrrole nitrogens is 1. The number of hydrogen-bond acceptors (Lipinski definition) is 4. The number of hydrogen-bond donors (Lipinski definition) is 3. The van der Waals surface area contributed by atoms with Gasteiger partial charge in [0.15, 0.2) is 0 Å². The van der Waals surface area contributed by atoms with Crippen LogP contribution in [0.1, 0.15) is 51.7 Å². The molecule has 0 bridgehead atoms. The minimum Gasteiger partial charge on any atom is -0.388 e. The Hall–Kier alpha value is -3.93. The van der Waals surface area contributed by atoms with E-state index in [1.807, 2.05) is 32.4 Å². The average molecular weight is 521 g/mol. The second-order valence-electron chi connectivity index (χ2n) is 9.33. The summed E-state index contributed by atoms with van der Waals surface area (Å²) in [5.41, 5.74) is 11.8. The smallest absolute Gasteiger partial charge is 0.0463 e. The van der Waals surface area contributed by atoms with E-state index in [0.29, 0.717) is 0 Å². The number of anilines is 1. The molecule has 0 fully saturated rings. The lowest BCUT2D eigenvalue weighted by Crippen LogP contribution is -2.11. The minimum atomic E-state index is 0.800. The molecule has 38 heavy (non-hydrogen) atoms. The third-order valence-electron chi connectivity index (χ3n) is 6.53. The maximum absolute atomic E-state index is 4.51. The van der Waals surface area contributed by atoms with E-state index < -0.39 is 0 Å². The van der Waals surface area contributed by atoms with Crippen LogP contribution < -0.4 is 10.6 Å². The zero-order valence-corrected chi connectivity index (χ0v) is 23.6. The number of allylic oxidation sites excluding steroid dienone is 3. The fraction of sp³-hybridized carbons (Fsp3) is 0.182. The van der Waals surface area contributed by atoms with Gasteiger partial charge < -0.3 is 15.6 Å². The van der Waals surface area contributed by atoms with E-state index in [4.69, 9.17) is 0 Å². The summed E-state index contributed by atoms with van der Waals surface area (Å²) in [6.45, 7) is 20.5. The molecule has 1 aromatic carbocycles. The zero-order chi connectivity index (χ0) is 27.2. The van der Waals surface area contributed by atoms with Crippen molar-refractivity contribution in [2.75, 3.05) is 18.9 Å². The number of aromatic amines is 1. The number of benzene rings is 1. The number of thiophene rings is 1. The number of rotatable bonds is 11. The normalized spacial score (nSPS) is 11.4. The van der Waals surface area contributed by atoms with Gasteiger partial charge in [0.1, 0.15) is 0 Å².